The smallest absolute Gasteiger partial charge is 0.310 e. The Labute approximate surface area is 60.2 Å². The van der Waals surface area contributed by atoms with Gasteiger partial charge in [-0.1, -0.05) is 12.2 Å². The van der Waals surface area contributed by atoms with Crippen LogP contribution >= 0.6 is 0 Å². The summed E-state index contributed by atoms with van der Waals surface area (Å²) in [6, 6.07) is 0. The summed E-state index contributed by atoms with van der Waals surface area (Å²) in [5.41, 5.74) is 5.88. The van der Waals surface area contributed by atoms with Gasteiger partial charge >= 0.3 is 5.97 Å². The molecule has 0 saturated carbocycles. The fourth-order valence-corrected chi connectivity index (χ4v) is 0.719. The fraction of sp³-hybridized carbons (Fsp3) is 0.286. The second-order valence-corrected chi connectivity index (χ2v) is 2.07. The van der Waals surface area contributed by atoms with Crippen molar-refractivity contribution in [1.29, 1.82) is 0 Å². The Morgan fingerprint density at radius 1 is 2.00 bits per heavy atom. The van der Waals surface area contributed by atoms with Crippen LogP contribution in [0.5, 0.6) is 0 Å². The third-order valence-electron chi connectivity index (χ3n) is 1.31. The summed E-state index contributed by atoms with van der Waals surface area (Å²) < 4.78 is 7.38. The molecule has 0 radical (unpaired) electrons. The van der Waals surface area contributed by atoms with Crippen LogP contribution < -0.4 is 5.73 Å². The Balaban J connectivity index is 2.82. The van der Waals surface area contributed by atoms with E-state index in [1.54, 1.807) is 6.08 Å². The molecule has 54 valence electrons. The van der Waals surface area contributed by atoms with E-state index in [4.69, 9.17) is 12.2 Å². The lowest BCUT2D eigenvalue weighted by Crippen LogP contribution is -2.13. The van der Waals surface area contributed by atoms with Crippen LogP contribution in [-0.4, -0.2) is 11.1 Å². The number of carboxylic acid groups (broad SMARTS) is 1. The Kier molecular flexibility index (Phi) is 1.41. The summed E-state index contributed by atoms with van der Waals surface area (Å²) in [5.74, 6) is -2.65. The van der Waals surface area contributed by atoms with E-state index in [0.29, 0.717) is 5.70 Å². The monoisotopic (exact) mass is 140 g/mol. The molecule has 0 amide bonds. The van der Waals surface area contributed by atoms with Gasteiger partial charge in [0.1, 0.15) is 0 Å². The molecule has 1 unspecified atom stereocenters. The van der Waals surface area contributed by atoms with Crippen molar-refractivity contribution in [2.75, 3.05) is 0 Å². The molecule has 0 bridgehead atoms. The van der Waals surface area contributed by atoms with Gasteiger partial charge in [-0.3, -0.25) is 4.79 Å². The van der Waals surface area contributed by atoms with Gasteiger partial charge in [0.15, 0.2) is 0 Å². The highest BCUT2D eigenvalue weighted by molar-refractivity contribution is 5.72. The van der Waals surface area contributed by atoms with Crippen molar-refractivity contribution in [2.45, 2.75) is 6.42 Å². The van der Waals surface area contributed by atoms with Crippen molar-refractivity contribution in [3.05, 3.63) is 23.9 Å². The second-order valence-electron chi connectivity index (χ2n) is 2.07. The summed E-state index contributed by atoms with van der Waals surface area (Å²) in [4.78, 5) is 10.5. The highest BCUT2D eigenvalue weighted by Crippen LogP contribution is 2.13. The third kappa shape index (κ3) is 1.37. The minimum Gasteiger partial charge on any atom is -0.481 e. The van der Waals surface area contributed by atoms with Gasteiger partial charge in [-0.2, -0.15) is 0 Å². The number of aliphatic carboxylic acids is 1. The average Bonchev–Trinajstić information content (AvgIpc) is 1.95. The SMILES string of the molecule is [2H]C1(C(=O)O)C=CC(N)=CC1. The van der Waals surface area contributed by atoms with Crippen molar-refractivity contribution in [3.63, 3.8) is 0 Å². The molecule has 1 aliphatic rings. The summed E-state index contributed by atoms with van der Waals surface area (Å²) in [6.45, 7) is 0. The van der Waals surface area contributed by atoms with Gasteiger partial charge in [-0.25, -0.2) is 0 Å². The predicted octanol–water partition coefficient (Wildman–Crippen LogP) is 0.490. The molecule has 0 aromatic heterocycles. The zero-order valence-corrected chi connectivity index (χ0v) is 5.37. The first kappa shape index (κ1) is 5.53. The zero-order chi connectivity index (χ0) is 8.48. The lowest BCUT2D eigenvalue weighted by Gasteiger charge is -2.08. The highest BCUT2D eigenvalue weighted by Gasteiger charge is 2.14. The lowest BCUT2D eigenvalue weighted by atomic mass is 10.0. The Hall–Kier alpha value is -1.25. The van der Waals surface area contributed by atoms with Gasteiger partial charge in [0.05, 0.1) is 5.89 Å². The van der Waals surface area contributed by atoms with E-state index in [2.05, 4.69) is 0 Å². The highest BCUT2D eigenvalue weighted by atomic mass is 16.4. The molecule has 0 heterocycles. The fourth-order valence-electron chi connectivity index (χ4n) is 0.719. The van der Waals surface area contributed by atoms with Crippen LogP contribution in [0.3, 0.4) is 0 Å². The van der Waals surface area contributed by atoms with E-state index in [9.17, 15) is 4.79 Å². The quantitative estimate of drug-likeness (QED) is 0.557. The minimum absolute atomic E-state index is 0.144. The van der Waals surface area contributed by atoms with Crippen LogP contribution in [-0.2, 0) is 4.79 Å². The van der Waals surface area contributed by atoms with Gasteiger partial charge in [-0.15, -0.1) is 0 Å². The van der Waals surface area contributed by atoms with E-state index < -0.39 is 11.9 Å². The summed E-state index contributed by atoms with van der Waals surface area (Å²) in [5, 5.41) is 8.57. The van der Waals surface area contributed by atoms with Crippen LogP contribution in [0.15, 0.2) is 23.9 Å². The van der Waals surface area contributed by atoms with Crippen LogP contribution in [0, 0.1) is 5.89 Å². The van der Waals surface area contributed by atoms with Gasteiger partial charge in [0.25, 0.3) is 0 Å². The summed E-state index contributed by atoms with van der Waals surface area (Å²) in [6.07, 6.45) is 4.43. The normalized spacial score (nSPS) is 32.8. The molecule has 0 aromatic rings. The maximum Gasteiger partial charge on any atom is 0.310 e. The number of rotatable bonds is 1. The Bertz CT molecular complexity index is 247. The Morgan fingerprint density at radius 3 is 3.10 bits per heavy atom. The molecular formula is C7H9NO2. The molecule has 1 rings (SSSR count). The van der Waals surface area contributed by atoms with Crippen molar-refractivity contribution >= 4 is 5.97 Å². The summed E-state index contributed by atoms with van der Waals surface area (Å²) in [7, 11) is 0. The lowest BCUT2D eigenvalue weighted by molar-refractivity contribution is -0.139. The van der Waals surface area contributed by atoms with Crippen LogP contribution in [0.25, 0.3) is 0 Å². The van der Waals surface area contributed by atoms with E-state index in [1.165, 1.54) is 12.2 Å². The number of allylic oxidation sites excluding steroid dienone is 2. The van der Waals surface area contributed by atoms with E-state index in [-0.39, 0.29) is 6.42 Å². The molecule has 3 N–H and O–H groups in total. The van der Waals surface area contributed by atoms with Gasteiger partial charge < -0.3 is 10.8 Å². The minimum atomic E-state index is -1.51. The number of hydrogen-bond donors (Lipinski definition) is 2. The first-order valence-electron chi connectivity index (χ1n) is 3.43. The molecule has 0 spiro atoms. The summed E-state index contributed by atoms with van der Waals surface area (Å²) >= 11 is 0. The molecule has 3 heteroatoms. The van der Waals surface area contributed by atoms with E-state index in [0.717, 1.165) is 0 Å². The second kappa shape index (κ2) is 2.56. The molecule has 0 saturated heterocycles. The van der Waals surface area contributed by atoms with Crippen molar-refractivity contribution < 1.29 is 11.3 Å². The molecule has 0 aromatic carbocycles. The molecular weight excluding hydrogens is 130 g/mol. The van der Waals surface area contributed by atoms with Crippen molar-refractivity contribution in [1.82, 2.24) is 0 Å². The van der Waals surface area contributed by atoms with Crippen LogP contribution in [0.2, 0.25) is 0 Å². The Morgan fingerprint density at radius 2 is 2.70 bits per heavy atom. The van der Waals surface area contributed by atoms with Crippen molar-refractivity contribution in [2.24, 2.45) is 11.6 Å². The predicted molar refractivity (Wildman–Crippen MR) is 37.2 cm³/mol. The number of carbonyl (C=O) groups is 1. The van der Waals surface area contributed by atoms with Gasteiger partial charge in [0.2, 0.25) is 0 Å². The molecule has 10 heavy (non-hydrogen) atoms. The van der Waals surface area contributed by atoms with E-state index >= 15 is 0 Å². The topological polar surface area (TPSA) is 63.3 Å². The number of nitrogens with two attached hydrogens (primary N) is 1. The average molecular weight is 140 g/mol. The van der Waals surface area contributed by atoms with E-state index in [1.807, 2.05) is 0 Å². The number of carboxylic acids is 1. The maximum atomic E-state index is 10.5. The zero-order valence-electron chi connectivity index (χ0n) is 6.37. The van der Waals surface area contributed by atoms with Crippen LogP contribution in [0.4, 0.5) is 0 Å². The first-order chi connectivity index (χ1) is 5.04. The van der Waals surface area contributed by atoms with Crippen LogP contribution in [0.1, 0.15) is 7.79 Å². The van der Waals surface area contributed by atoms with Gasteiger partial charge in [0, 0.05) is 7.07 Å². The number of hydrogen-bond acceptors (Lipinski definition) is 2. The molecule has 1 aliphatic carbocycles. The van der Waals surface area contributed by atoms with Crippen molar-refractivity contribution in [3.8, 4) is 0 Å². The molecule has 0 aliphatic heterocycles. The standard InChI is InChI=1S/C7H9NO2/c8-6-3-1-5(2-4-6)7(9)10/h1,3-5H,2,8H2,(H,9,10)/i5D. The molecule has 3 nitrogen and oxygen atoms in total. The van der Waals surface area contributed by atoms with Gasteiger partial charge in [-0.05, 0) is 12.5 Å². The largest absolute Gasteiger partial charge is 0.481 e. The molecule has 1 atom stereocenters. The molecule has 0 fully saturated rings. The maximum absolute atomic E-state index is 10.5. The third-order valence-corrected chi connectivity index (χ3v) is 1.31. The first-order valence-corrected chi connectivity index (χ1v) is 2.93.